The molecule has 1 aliphatic heterocycles. The molecule has 1 N–H and O–H groups in total. The van der Waals surface area contributed by atoms with E-state index in [1.54, 1.807) is 37.0 Å². The van der Waals surface area contributed by atoms with Gasteiger partial charge < -0.3 is 19.5 Å². The number of pyridine rings is 3. The van der Waals surface area contributed by atoms with Gasteiger partial charge in [-0.3, -0.25) is 0 Å². The number of aliphatic hydroxyl groups is 1. The summed E-state index contributed by atoms with van der Waals surface area (Å²) in [5, 5.41) is 14.9. The minimum Gasteiger partial charge on any atom is -0.489 e. The molecule has 0 amide bonds. The number of fused-ring (bicyclic) bond motifs is 1. The molecule has 8 nitrogen and oxygen atoms in total. The Bertz CT molecular complexity index is 1270. The number of aromatic nitrogens is 4. The van der Waals surface area contributed by atoms with Crippen LogP contribution in [0.25, 0.3) is 16.6 Å². The Morgan fingerprint density at radius 2 is 2.06 bits per heavy atom. The monoisotopic (exact) mass is 479 g/mol. The number of ether oxygens (including phenoxy) is 2. The Labute approximate surface area is 202 Å². The molecule has 0 radical (unpaired) electrons. The van der Waals surface area contributed by atoms with Gasteiger partial charge in [-0.15, -0.1) is 0 Å². The van der Waals surface area contributed by atoms with Crippen molar-refractivity contribution in [3.8, 4) is 22.8 Å². The van der Waals surface area contributed by atoms with Gasteiger partial charge in [0.25, 0.3) is 0 Å². The van der Waals surface area contributed by atoms with Crippen molar-refractivity contribution < 1.29 is 14.6 Å². The van der Waals surface area contributed by atoms with E-state index in [1.807, 2.05) is 42.6 Å². The standard InChI is InChI=1S/C25H26ClN5O3/c1-25(2,32)16-33-19-11-20(24-21(26)13-29-31(24)15-19)17-6-7-22(28-12-17)30-10-8-18(14-30)34-23-5-3-4-9-27-23/h3-7,9,11-13,15,18,32H,8,10,14,16H2,1-2H3. The highest BCUT2D eigenvalue weighted by atomic mass is 35.5. The molecular weight excluding hydrogens is 454 g/mol. The third-order valence-corrected chi connectivity index (χ3v) is 5.86. The van der Waals surface area contributed by atoms with Crippen molar-refractivity contribution in [2.75, 3.05) is 24.6 Å². The molecule has 5 heterocycles. The van der Waals surface area contributed by atoms with E-state index < -0.39 is 5.60 Å². The Morgan fingerprint density at radius 1 is 1.18 bits per heavy atom. The normalized spacial score (nSPS) is 16.2. The molecule has 0 spiro atoms. The number of hydrogen-bond acceptors (Lipinski definition) is 7. The minimum atomic E-state index is -0.950. The third-order valence-electron chi connectivity index (χ3n) is 5.59. The number of nitrogens with zero attached hydrogens (tertiary/aromatic N) is 5. The molecule has 1 aliphatic rings. The van der Waals surface area contributed by atoms with Crippen molar-refractivity contribution >= 4 is 22.9 Å². The first-order chi connectivity index (χ1) is 16.4. The molecule has 9 heteroatoms. The lowest BCUT2D eigenvalue weighted by Gasteiger charge is -2.19. The molecule has 0 bridgehead atoms. The zero-order valence-electron chi connectivity index (χ0n) is 19.1. The van der Waals surface area contributed by atoms with Crippen LogP contribution in [-0.2, 0) is 0 Å². The Morgan fingerprint density at radius 3 is 2.79 bits per heavy atom. The van der Waals surface area contributed by atoms with Crippen LogP contribution in [0, 0.1) is 0 Å². The maximum absolute atomic E-state index is 10.0. The molecule has 34 heavy (non-hydrogen) atoms. The number of rotatable bonds is 7. The van der Waals surface area contributed by atoms with Crippen molar-refractivity contribution in [1.29, 1.82) is 0 Å². The number of halogens is 1. The number of anilines is 1. The van der Waals surface area contributed by atoms with Crippen LogP contribution < -0.4 is 14.4 Å². The first kappa shape index (κ1) is 22.4. The summed E-state index contributed by atoms with van der Waals surface area (Å²) >= 11 is 6.44. The van der Waals surface area contributed by atoms with Crippen LogP contribution in [0.5, 0.6) is 11.6 Å². The summed E-state index contributed by atoms with van der Waals surface area (Å²) in [7, 11) is 0. The van der Waals surface area contributed by atoms with E-state index in [0.717, 1.165) is 42.0 Å². The highest BCUT2D eigenvalue weighted by molar-refractivity contribution is 6.34. The smallest absolute Gasteiger partial charge is 0.213 e. The van der Waals surface area contributed by atoms with Crippen LogP contribution in [0.3, 0.4) is 0 Å². The fourth-order valence-corrected chi connectivity index (χ4v) is 4.20. The molecule has 1 saturated heterocycles. The SMILES string of the molecule is CC(C)(O)COc1cc(-c2ccc(N3CCC(Oc4ccccn4)C3)nc2)c2c(Cl)cnn2c1. The fourth-order valence-electron chi connectivity index (χ4n) is 3.97. The number of hydrogen-bond donors (Lipinski definition) is 1. The van der Waals surface area contributed by atoms with Crippen LogP contribution in [0.4, 0.5) is 5.82 Å². The maximum Gasteiger partial charge on any atom is 0.213 e. The van der Waals surface area contributed by atoms with Crippen molar-refractivity contribution in [1.82, 2.24) is 19.6 Å². The van der Waals surface area contributed by atoms with Gasteiger partial charge in [0, 0.05) is 42.6 Å². The highest BCUT2D eigenvalue weighted by Crippen LogP contribution is 2.34. The Hall–Kier alpha value is -3.36. The van der Waals surface area contributed by atoms with Gasteiger partial charge in [-0.1, -0.05) is 17.7 Å². The third kappa shape index (κ3) is 4.93. The predicted molar refractivity (Wildman–Crippen MR) is 131 cm³/mol. The van der Waals surface area contributed by atoms with Crippen molar-refractivity contribution in [3.05, 3.63) is 66.2 Å². The molecule has 0 aliphatic carbocycles. The summed E-state index contributed by atoms with van der Waals surface area (Å²) in [6.07, 6.45) is 7.91. The lowest BCUT2D eigenvalue weighted by molar-refractivity contribution is 0.0283. The van der Waals surface area contributed by atoms with Crippen LogP contribution in [-0.4, -0.2) is 56.1 Å². The van der Waals surface area contributed by atoms with Crippen molar-refractivity contribution in [2.45, 2.75) is 32.0 Å². The second-order valence-corrected chi connectivity index (χ2v) is 9.43. The zero-order valence-corrected chi connectivity index (χ0v) is 19.8. The van der Waals surface area contributed by atoms with Crippen molar-refractivity contribution in [3.63, 3.8) is 0 Å². The van der Waals surface area contributed by atoms with Crippen LogP contribution in [0.1, 0.15) is 20.3 Å². The molecule has 1 unspecified atom stereocenters. The van der Waals surface area contributed by atoms with E-state index in [9.17, 15) is 5.11 Å². The summed E-state index contributed by atoms with van der Waals surface area (Å²) in [6, 6.07) is 11.6. The highest BCUT2D eigenvalue weighted by Gasteiger charge is 2.25. The van der Waals surface area contributed by atoms with E-state index >= 15 is 0 Å². The molecule has 1 atom stereocenters. The zero-order chi connectivity index (χ0) is 23.7. The lowest BCUT2D eigenvalue weighted by Crippen LogP contribution is -2.27. The molecule has 5 rings (SSSR count). The van der Waals surface area contributed by atoms with Gasteiger partial charge in [-0.2, -0.15) is 5.10 Å². The minimum absolute atomic E-state index is 0.0752. The molecule has 0 saturated carbocycles. The van der Waals surface area contributed by atoms with Gasteiger partial charge in [0.1, 0.15) is 24.3 Å². The maximum atomic E-state index is 10.0. The summed E-state index contributed by atoms with van der Waals surface area (Å²) in [5.41, 5.74) is 1.57. The van der Waals surface area contributed by atoms with Crippen LogP contribution >= 0.6 is 11.6 Å². The molecule has 0 aromatic carbocycles. The van der Waals surface area contributed by atoms with E-state index in [0.29, 0.717) is 16.7 Å². The summed E-state index contributed by atoms with van der Waals surface area (Å²) in [4.78, 5) is 11.2. The quantitative estimate of drug-likeness (QED) is 0.424. The molecule has 4 aromatic heterocycles. The molecule has 1 fully saturated rings. The van der Waals surface area contributed by atoms with Crippen molar-refractivity contribution in [2.24, 2.45) is 0 Å². The van der Waals surface area contributed by atoms with Gasteiger partial charge >= 0.3 is 0 Å². The van der Waals surface area contributed by atoms with E-state index in [1.165, 1.54) is 0 Å². The summed E-state index contributed by atoms with van der Waals surface area (Å²) in [5.74, 6) is 2.12. The lowest BCUT2D eigenvalue weighted by atomic mass is 10.1. The van der Waals surface area contributed by atoms with E-state index in [2.05, 4.69) is 15.0 Å². The first-order valence-electron chi connectivity index (χ1n) is 11.2. The van der Waals surface area contributed by atoms with Gasteiger partial charge in [-0.05, 0) is 38.1 Å². The van der Waals surface area contributed by atoms with Crippen LogP contribution in [0.15, 0.2) is 61.2 Å². The Balaban J connectivity index is 1.36. The average molecular weight is 480 g/mol. The van der Waals surface area contributed by atoms with Gasteiger partial charge in [0.15, 0.2) is 0 Å². The predicted octanol–water partition coefficient (Wildman–Crippen LogP) is 4.25. The summed E-state index contributed by atoms with van der Waals surface area (Å²) in [6.45, 7) is 5.17. The topological polar surface area (TPSA) is 85.0 Å². The molecule has 176 valence electrons. The van der Waals surface area contributed by atoms with Crippen LogP contribution in [0.2, 0.25) is 5.02 Å². The van der Waals surface area contributed by atoms with E-state index in [4.69, 9.17) is 26.1 Å². The fraction of sp³-hybridized carbons (Fsp3) is 0.320. The Kier molecular flexibility index (Phi) is 6.02. The van der Waals surface area contributed by atoms with Gasteiger partial charge in [0.2, 0.25) is 5.88 Å². The largest absolute Gasteiger partial charge is 0.489 e. The second kappa shape index (κ2) is 9.12. The second-order valence-electron chi connectivity index (χ2n) is 9.02. The summed E-state index contributed by atoms with van der Waals surface area (Å²) < 4.78 is 13.5. The molecular formula is C25H26ClN5O3. The molecule has 4 aromatic rings. The van der Waals surface area contributed by atoms with Gasteiger partial charge in [0.05, 0.1) is 35.1 Å². The first-order valence-corrected chi connectivity index (χ1v) is 11.5. The van der Waals surface area contributed by atoms with Gasteiger partial charge in [-0.25, -0.2) is 14.5 Å². The average Bonchev–Trinajstić information content (AvgIpc) is 3.44. The van der Waals surface area contributed by atoms with E-state index in [-0.39, 0.29) is 12.7 Å².